The van der Waals surface area contributed by atoms with Crippen molar-refractivity contribution in [1.82, 2.24) is 24.9 Å². The Kier molecular flexibility index (Phi) is 3.86. The Morgan fingerprint density at radius 1 is 1.16 bits per heavy atom. The zero-order chi connectivity index (χ0) is 17.6. The van der Waals surface area contributed by atoms with E-state index in [0.29, 0.717) is 24.7 Å². The Morgan fingerprint density at radius 3 is 2.76 bits per heavy atom. The number of para-hydroxylation sites is 1. The highest BCUT2D eigenvalue weighted by Gasteiger charge is 2.40. The van der Waals surface area contributed by atoms with Gasteiger partial charge in [0.2, 0.25) is 0 Å². The van der Waals surface area contributed by atoms with E-state index in [4.69, 9.17) is 0 Å². The van der Waals surface area contributed by atoms with Crippen molar-refractivity contribution in [2.24, 2.45) is 5.92 Å². The van der Waals surface area contributed by atoms with Crippen LogP contribution in [0.2, 0.25) is 0 Å². The number of carbonyl (C=O) groups excluding carboxylic acids is 2. The van der Waals surface area contributed by atoms with Gasteiger partial charge in [-0.05, 0) is 24.8 Å². The Hall–Kier alpha value is -2.57. The van der Waals surface area contributed by atoms with E-state index >= 15 is 0 Å². The molecule has 25 heavy (non-hydrogen) atoms. The number of piperidine rings is 1. The molecule has 3 amide bonds. The maximum Gasteiger partial charge on any atom is 0.319 e. The van der Waals surface area contributed by atoms with Gasteiger partial charge in [-0.25, -0.2) is 4.79 Å². The molecule has 7 heteroatoms. The predicted molar refractivity (Wildman–Crippen MR) is 94.3 cm³/mol. The second-order valence-corrected chi connectivity index (χ2v) is 7.25. The van der Waals surface area contributed by atoms with Crippen molar-refractivity contribution in [3.8, 4) is 0 Å². The zero-order valence-corrected chi connectivity index (χ0v) is 14.6. The summed E-state index contributed by atoms with van der Waals surface area (Å²) in [5.41, 5.74) is 1.35. The molecule has 4 heterocycles. The zero-order valence-electron chi connectivity index (χ0n) is 14.6. The lowest BCUT2D eigenvalue weighted by atomic mass is 9.94. The number of hydrogen-bond acceptors (Lipinski definition) is 3. The lowest BCUT2D eigenvalue weighted by Crippen LogP contribution is -2.48. The first-order chi connectivity index (χ1) is 12.0. The smallest absolute Gasteiger partial charge is 0.319 e. The number of rotatable bonds is 1. The number of benzene rings is 1. The molecule has 3 aliphatic heterocycles. The molecule has 0 spiro atoms. The van der Waals surface area contributed by atoms with Crippen molar-refractivity contribution >= 4 is 22.8 Å². The summed E-state index contributed by atoms with van der Waals surface area (Å²) in [7, 11) is 3.54. The number of amides is 3. The van der Waals surface area contributed by atoms with E-state index in [1.165, 1.54) is 0 Å². The minimum absolute atomic E-state index is 0.0245. The summed E-state index contributed by atoms with van der Waals surface area (Å²) in [5, 5.41) is 8.06. The largest absolute Gasteiger partial charge is 0.332 e. The Balaban J connectivity index is 1.61. The number of nitrogens with zero attached hydrogens (tertiary/aromatic N) is 4. The van der Waals surface area contributed by atoms with Crippen molar-refractivity contribution in [3.05, 3.63) is 30.0 Å². The van der Waals surface area contributed by atoms with Crippen LogP contribution in [0.15, 0.2) is 24.3 Å². The van der Waals surface area contributed by atoms with Crippen LogP contribution >= 0.6 is 0 Å². The summed E-state index contributed by atoms with van der Waals surface area (Å²) in [6.07, 6.45) is 2.00. The number of H-pyrrole nitrogens is 1. The van der Waals surface area contributed by atoms with Gasteiger partial charge in [-0.15, -0.1) is 0 Å². The third-order valence-corrected chi connectivity index (χ3v) is 5.30. The molecule has 3 fully saturated rings. The number of aromatic amines is 1. The fourth-order valence-corrected chi connectivity index (χ4v) is 4.03. The molecule has 0 aliphatic carbocycles. The van der Waals surface area contributed by atoms with Crippen molar-refractivity contribution < 1.29 is 9.59 Å². The average molecular weight is 341 g/mol. The van der Waals surface area contributed by atoms with Crippen molar-refractivity contribution in [1.29, 1.82) is 0 Å². The highest BCUT2D eigenvalue weighted by Crippen LogP contribution is 2.30. The van der Waals surface area contributed by atoms with E-state index in [9.17, 15) is 9.59 Å². The van der Waals surface area contributed by atoms with Gasteiger partial charge >= 0.3 is 6.03 Å². The summed E-state index contributed by atoms with van der Waals surface area (Å²) < 4.78 is 0. The van der Waals surface area contributed by atoms with Gasteiger partial charge in [0.15, 0.2) is 5.69 Å². The number of nitrogens with one attached hydrogen (secondary N) is 1. The van der Waals surface area contributed by atoms with Crippen molar-refractivity contribution in [2.75, 3.05) is 33.7 Å². The van der Waals surface area contributed by atoms with Crippen LogP contribution in [0.5, 0.6) is 0 Å². The highest BCUT2D eigenvalue weighted by atomic mass is 16.2. The average Bonchev–Trinajstić information content (AvgIpc) is 2.82. The van der Waals surface area contributed by atoms with E-state index in [-0.39, 0.29) is 18.0 Å². The van der Waals surface area contributed by atoms with Crippen LogP contribution in [0.4, 0.5) is 4.79 Å². The van der Waals surface area contributed by atoms with Crippen LogP contribution in [-0.4, -0.2) is 76.6 Å². The Bertz CT molecular complexity index is 815. The number of carbonyl (C=O) groups is 2. The van der Waals surface area contributed by atoms with Gasteiger partial charge in [0.25, 0.3) is 5.91 Å². The van der Waals surface area contributed by atoms with E-state index in [2.05, 4.69) is 10.2 Å². The topological polar surface area (TPSA) is 72.5 Å². The maximum absolute atomic E-state index is 13.2. The number of urea groups is 1. The molecule has 5 rings (SSSR count). The van der Waals surface area contributed by atoms with Crippen LogP contribution in [0.25, 0.3) is 10.9 Å². The molecular weight excluding hydrogens is 318 g/mol. The maximum atomic E-state index is 13.2. The first-order valence-corrected chi connectivity index (χ1v) is 8.75. The predicted octanol–water partition coefficient (Wildman–Crippen LogP) is 1.78. The van der Waals surface area contributed by atoms with Crippen LogP contribution in [0.3, 0.4) is 0 Å². The first-order valence-electron chi connectivity index (χ1n) is 8.75. The Morgan fingerprint density at radius 2 is 1.96 bits per heavy atom. The highest BCUT2D eigenvalue weighted by molar-refractivity contribution is 6.04. The third kappa shape index (κ3) is 2.73. The molecule has 0 saturated carbocycles. The molecule has 132 valence electrons. The molecule has 1 aromatic carbocycles. The van der Waals surface area contributed by atoms with Crippen LogP contribution < -0.4 is 0 Å². The molecule has 2 bridgehead atoms. The molecule has 2 aromatic rings. The Labute approximate surface area is 146 Å². The molecule has 0 unspecified atom stereocenters. The summed E-state index contributed by atoms with van der Waals surface area (Å²) in [6, 6.07) is 7.77. The van der Waals surface area contributed by atoms with Gasteiger partial charge in [0.1, 0.15) is 0 Å². The van der Waals surface area contributed by atoms with E-state index in [1.807, 2.05) is 34.1 Å². The van der Waals surface area contributed by atoms with Crippen LogP contribution in [0.1, 0.15) is 23.3 Å². The molecular formula is C18H23N5O2. The fraction of sp³-hybridized carbons (Fsp3) is 0.500. The lowest BCUT2D eigenvalue weighted by molar-refractivity contribution is 0.0581. The van der Waals surface area contributed by atoms with Gasteiger partial charge < -0.3 is 14.7 Å². The van der Waals surface area contributed by atoms with Crippen molar-refractivity contribution in [3.63, 3.8) is 0 Å². The van der Waals surface area contributed by atoms with Gasteiger partial charge in [-0.2, -0.15) is 5.10 Å². The van der Waals surface area contributed by atoms with Crippen molar-refractivity contribution in [2.45, 2.75) is 18.9 Å². The minimum atomic E-state index is -0.0358. The monoisotopic (exact) mass is 341 g/mol. The minimum Gasteiger partial charge on any atom is -0.332 e. The molecule has 1 aromatic heterocycles. The standard InChI is InChI=1S/C18H23N5O2/c1-21(2)18(25)22-9-12-7-8-13(11-22)23(10-12)17(24)16-14-5-3-4-6-15(14)19-20-16/h3-6,12-13H,7-11H2,1-2H3,(H,19,20)/t12-,13+/m0/s1. The number of aromatic nitrogens is 2. The van der Waals surface area contributed by atoms with Crippen LogP contribution in [0, 0.1) is 5.92 Å². The first kappa shape index (κ1) is 15.9. The van der Waals surface area contributed by atoms with E-state index < -0.39 is 0 Å². The second kappa shape index (κ2) is 6.06. The molecule has 1 N–H and O–H groups in total. The van der Waals surface area contributed by atoms with Gasteiger partial charge in [0.05, 0.1) is 5.52 Å². The molecule has 2 atom stereocenters. The van der Waals surface area contributed by atoms with Crippen LogP contribution in [-0.2, 0) is 0 Å². The second-order valence-electron chi connectivity index (χ2n) is 7.25. The summed E-state index contributed by atoms with van der Waals surface area (Å²) in [4.78, 5) is 31.0. The third-order valence-electron chi connectivity index (χ3n) is 5.30. The number of fused-ring (bicyclic) bond motifs is 5. The summed E-state index contributed by atoms with van der Waals surface area (Å²) in [6.45, 7) is 2.02. The normalized spacial score (nSPS) is 23.0. The summed E-state index contributed by atoms with van der Waals surface area (Å²) >= 11 is 0. The molecule has 0 radical (unpaired) electrons. The summed E-state index contributed by atoms with van der Waals surface area (Å²) in [5.74, 6) is 0.295. The van der Waals surface area contributed by atoms with Gasteiger partial charge in [-0.3, -0.25) is 9.89 Å². The molecule has 3 aliphatic rings. The molecule has 7 nitrogen and oxygen atoms in total. The SMILES string of the molecule is CN(C)C(=O)N1C[C@@H]2CC[C@H](C1)N(C(=O)c1n[nH]c3ccccc13)C2. The van der Waals surface area contributed by atoms with Gasteiger partial charge in [-0.1, -0.05) is 18.2 Å². The quantitative estimate of drug-likeness (QED) is 0.859. The fourth-order valence-electron chi connectivity index (χ4n) is 4.03. The van der Waals surface area contributed by atoms with E-state index in [1.54, 1.807) is 19.0 Å². The molecule has 3 saturated heterocycles. The van der Waals surface area contributed by atoms with E-state index in [0.717, 1.165) is 30.3 Å². The number of hydrogen-bond donors (Lipinski definition) is 1. The lowest BCUT2D eigenvalue weighted by Gasteiger charge is -2.35. The van der Waals surface area contributed by atoms with Gasteiger partial charge in [0, 0.05) is 45.2 Å².